The summed E-state index contributed by atoms with van der Waals surface area (Å²) in [6.45, 7) is -0.0180. The monoisotopic (exact) mass is 368 g/mol. The third-order valence-corrected chi connectivity index (χ3v) is 4.61. The van der Waals surface area contributed by atoms with Crippen molar-refractivity contribution in [2.45, 2.75) is 37.8 Å². The van der Waals surface area contributed by atoms with Crippen molar-refractivity contribution in [3.8, 4) is 0 Å². The van der Waals surface area contributed by atoms with Crippen molar-refractivity contribution in [3.05, 3.63) is 23.8 Å². The van der Waals surface area contributed by atoms with Gasteiger partial charge in [-0.15, -0.1) is 12.4 Å². The number of fused-ring (bicyclic) bond motifs is 1. The first-order valence-corrected chi connectivity index (χ1v) is 7.99. The Hall–Kier alpha value is -2.19. The predicted octanol–water partition coefficient (Wildman–Crippen LogP) is 1.70. The Bertz CT molecular complexity index is 743. The van der Waals surface area contributed by atoms with Gasteiger partial charge in [-0.05, 0) is 54.2 Å². The maximum absolute atomic E-state index is 12.7. The average molecular weight is 369 g/mol. The molecular weight excluding hydrogens is 348 g/mol. The molecule has 25 heavy (non-hydrogen) atoms. The van der Waals surface area contributed by atoms with Gasteiger partial charge in [-0.25, -0.2) is 4.63 Å². The molecule has 1 heterocycles. The average Bonchev–Trinajstić information content (AvgIpc) is 3.06. The van der Waals surface area contributed by atoms with Gasteiger partial charge in [0, 0.05) is 24.7 Å². The predicted molar refractivity (Wildman–Crippen MR) is 92.8 cm³/mol. The van der Waals surface area contributed by atoms with Crippen LogP contribution in [0.1, 0.15) is 36.0 Å². The van der Waals surface area contributed by atoms with Crippen molar-refractivity contribution in [2.75, 3.05) is 13.6 Å². The Kier molecular flexibility index (Phi) is 6.33. The fourth-order valence-corrected chi connectivity index (χ4v) is 3.18. The number of halogens is 1. The number of hydrogen-bond donors (Lipinski definition) is 2. The van der Waals surface area contributed by atoms with Crippen LogP contribution in [-0.4, -0.2) is 57.9 Å². The van der Waals surface area contributed by atoms with Crippen LogP contribution in [0.15, 0.2) is 22.8 Å². The number of hydrogen-bond acceptors (Lipinski definition) is 6. The van der Waals surface area contributed by atoms with Gasteiger partial charge in [0.05, 0.1) is 6.54 Å². The van der Waals surface area contributed by atoms with Gasteiger partial charge in [0.2, 0.25) is 0 Å². The summed E-state index contributed by atoms with van der Waals surface area (Å²) in [5.41, 5.74) is 1.75. The fourth-order valence-electron chi connectivity index (χ4n) is 3.18. The lowest BCUT2D eigenvalue weighted by atomic mass is 9.90. The van der Waals surface area contributed by atoms with E-state index in [1.807, 2.05) is 7.05 Å². The largest absolute Gasteiger partial charge is 0.480 e. The van der Waals surface area contributed by atoms with Crippen LogP contribution in [-0.2, 0) is 4.79 Å². The summed E-state index contributed by atoms with van der Waals surface area (Å²) >= 11 is 0. The maximum Gasteiger partial charge on any atom is 0.317 e. The van der Waals surface area contributed by atoms with Crippen molar-refractivity contribution in [2.24, 2.45) is 0 Å². The van der Waals surface area contributed by atoms with Crippen molar-refractivity contribution in [1.29, 1.82) is 0 Å². The minimum atomic E-state index is -0.845. The molecule has 0 atom stereocenters. The number of carbonyl (C=O) groups is 2. The molecule has 0 saturated heterocycles. The molecule has 1 aromatic heterocycles. The smallest absolute Gasteiger partial charge is 0.317 e. The highest BCUT2D eigenvalue weighted by molar-refractivity contribution is 5.97. The zero-order valence-corrected chi connectivity index (χ0v) is 14.7. The molecule has 0 spiro atoms. The molecule has 1 saturated carbocycles. The van der Waals surface area contributed by atoms with Crippen molar-refractivity contribution in [3.63, 3.8) is 0 Å². The van der Waals surface area contributed by atoms with Gasteiger partial charge >= 0.3 is 5.97 Å². The lowest BCUT2D eigenvalue weighted by molar-refractivity contribution is -0.136. The number of carboxylic acid groups (broad SMARTS) is 1. The number of aromatic nitrogens is 2. The first-order valence-electron chi connectivity index (χ1n) is 7.99. The topological polar surface area (TPSA) is 109 Å². The van der Waals surface area contributed by atoms with Crippen LogP contribution in [0.3, 0.4) is 0 Å². The minimum Gasteiger partial charge on any atom is -0.480 e. The first kappa shape index (κ1) is 19.1. The van der Waals surface area contributed by atoms with Gasteiger partial charge in [0.1, 0.15) is 11.0 Å². The molecule has 0 radical (unpaired) electrons. The molecule has 0 unspecified atom stereocenters. The van der Waals surface area contributed by atoms with Crippen LogP contribution in [0.25, 0.3) is 11.0 Å². The number of aliphatic carboxylic acids is 1. The molecule has 1 aromatic carbocycles. The molecule has 2 aromatic rings. The van der Waals surface area contributed by atoms with Crippen LogP contribution >= 0.6 is 12.4 Å². The molecule has 136 valence electrons. The summed E-state index contributed by atoms with van der Waals surface area (Å²) in [5.74, 6) is -0.899. The zero-order valence-electron chi connectivity index (χ0n) is 13.8. The second-order valence-corrected chi connectivity index (χ2v) is 6.16. The Morgan fingerprint density at radius 1 is 1.24 bits per heavy atom. The maximum atomic E-state index is 12.7. The van der Waals surface area contributed by atoms with Gasteiger partial charge in [-0.2, -0.15) is 0 Å². The number of carboxylic acids is 1. The number of amides is 1. The standard InChI is InChI=1S/C16H20N4O4.ClH/c1-20(12-5-3-11(4-6-12)17-9-15(21)22)16(23)10-2-7-13-14(8-10)19-24-18-13;/h2,7-8,11-12,17H,3-6,9H2,1H3,(H,21,22);1H. The van der Waals surface area contributed by atoms with Crippen molar-refractivity contribution in [1.82, 2.24) is 20.5 Å². The van der Waals surface area contributed by atoms with Crippen molar-refractivity contribution < 1.29 is 19.3 Å². The molecule has 3 rings (SSSR count). The van der Waals surface area contributed by atoms with E-state index in [0.29, 0.717) is 16.6 Å². The molecule has 8 nitrogen and oxygen atoms in total. The third-order valence-electron chi connectivity index (χ3n) is 4.61. The van der Waals surface area contributed by atoms with E-state index in [9.17, 15) is 9.59 Å². The number of nitrogens with zero attached hydrogens (tertiary/aromatic N) is 3. The summed E-state index contributed by atoms with van der Waals surface area (Å²) in [5, 5.41) is 19.2. The molecule has 0 aliphatic heterocycles. The van der Waals surface area contributed by atoms with Crippen LogP contribution in [0.5, 0.6) is 0 Å². The van der Waals surface area contributed by atoms with Gasteiger partial charge < -0.3 is 15.3 Å². The van der Waals surface area contributed by atoms with Crippen LogP contribution in [0.4, 0.5) is 0 Å². The van der Waals surface area contributed by atoms with E-state index in [0.717, 1.165) is 25.7 Å². The molecule has 0 bridgehead atoms. The van der Waals surface area contributed by atoms with Gasteiger partial charge in [-0.1, -0.05) is 0 Å². The summed E-state index contributed by atoms with van der Waals surface area (Å²) in [6.07, 6.45) is 3.43. The van der Waals surface area contributed by atoms with E-state index in [4.69, 9.17) is 5.11 Å². The Balaban J connectivity index is 0.00000225. The lowest BCUT2D eigenvalue weighted by Crippen LogP contribution is -2.44. The van der Waals surface area contributed by atoms with Gasteiger partial charge in [-0.3, -0.25) is 9.59 Å². The molecule has 2 N–H and O–H groups in total. The van der Waals surface area contributed by atoms with Crippen LogP contribution in [0.2, 0.25) is 0 Å². The lowest BCUT2D eigenvalue weighted by Gasteiger charge is -2.35. The Labute approximate surface area is 150 Å². The molecule has 1 fully saturated rings. The summed E-state index contributed by atoms with van der Waals surface area (Å²) in [4.78, 5) is 25.0. The van der Waals surface area contributed by atoms with Crippen molar-refractivity contribution >= 4 is 35.3 Å². The van der Waals surface area contributed by atoms with E-state index in [1.165, 1.54) is 0 Å². The minimum absolute atomic E-state index is 0. The highest BCUT2D eigenvalue weighted by Gasteiger charge is 2.27. The number of carbonyl (C=O) groups excluding carboxylic acids is 1. The molecule has 1 aliphatic carbocycles. The highest BCUT2D eigenvalue weighted by Crippen LogP contribution is 2.24. The van der Waals surface area contributed by atoms with E-state index >= 15 is 0 Å². The Morgan fingerprint density at radius 2 is 1.92 bits per heavy atom. The van der Waals surface area contributed by atoms with Gasteiger partial charge in [0.15, 0.2) is 0 Å². The van der Waals surface area contributed by atoms with Crippen LogP contribution in [0, 0.1) is 0 Å². The van der Waals surface area contributed by atoms with E-state index in [-0.39, 0.29) is 36.9 Å². The van der Waals surface area contributed by atoms with E-state index in [2.05, 4.69) is 20.3 Å². The zero-order chi connectivity index (χ0) is 17.1. The molecular formula is C16H21ClN4O4. The van der Waals surface area contributed by atoms with E-state index in [1.54, 1.807) is 23.1 Å². The quantitative estimate of drug-likeness (QED) is 0.826. The normalized spacial score (nSPS) is 20.0. The highest BCUT2D eigenvalue weighted by atomic mass is 35.5. The number of rotatable bonds is 5. The first-order chi connectivity index (χ1) is 11.5. The summed E-state index contributed by atoms with van der Waals surface area (Å²) in [7, 11) is 1.81. The fraction of sp³-hybridized carbons (Fsp3) is 0.500. The molecule has 1 amide bonds. The van der Waals surface area contributed by atoms with Gasteiger partial charge in [0.25, 0.3) is 5.91 Å². The third kappa shape index (κ3) is 4.46. The van der Waals surface area contributed by atoms with E-state index < -0.39 is 5.97 Å². The SMILES string of the molecule is CN(C(=O)c1ccc2nonc2c1)C1CCC(NCC(=O)O)CC1.Cl. The summed E-state index contributed by atoms with van der Waals surface area (Å²) in [6, 6.07) is 5.50. The number of benzene rings is 1. The summed E-state index contributed by atoms with van der Waals surface area (Å²) < 4.78 is 4.65. The number of nitrogens with one attached hydrogen (secondary N) is 1. The second-order valence-electron chi connectivity index (χ2n) is 6.16. The molecule has 1 aliphatic rings. The molecule has 9 heteroatoms. The Morgan fingerprint density at radius 3 is 2.60 bits per heavy atom. The second kappa shape index (κ2) is 8.26. The van der Waals surface area contributed by atoms with Crippen LogP contribution < -0.4 is 5.32 Å².